The molecule has 9 heteroatoms. The van der Waals surface area contributed by atoms with Crippen molar-refractivity contribution < 1.29 is 33.3 Å². The van der Waals surface area contributed by atoms with Crippen LogP contribution >= 0.6 is 0 Å². The highest BCUT2D eigenvalue weighted by Gasteiger charge is 2.61. The van der Waals surface area contributed by atoms with Crippen LogP contribution in [-0.2, 0) is 38.7 Å². The lowest BCUT2D eigenvalue weighted by Crippen LogP contribution is -2.48. The Kier molecular flexibility index (Phi) is 5.10. The highest BCUT2D eigenvalue weighted by molar-refractivity contribution is 6.21. The molecular formula is C19H20N2O7. The third-order valence-electron chi connectivity index (χ3n) is 4.65. The van der Waals surface area contributed by atoms with Gasteiger partial charge in [-0.1, -0.05) is 18.2 Å². The number of benzene rings is 1. The number of nitrogens with two attached hydrogens (primary N) is 1. The Balaban J connectivity index is 2.27. The number of hydrogen-bond acceptors (Lipinski definition) is 8. The third kappa shape index (κ3) is 2.71. The molecule has 1 amide bonds. The first kappa shape index (κ1) is 19.4. The fourth-order valence-electron chi connectivity index (χ4n) is 3.54. The number of esters is 2. The third-order valence-corrected chi connectivity index (χ3v) is 4.65. The molecule has 3 rings (SSSR count). The van der Waals surface area contributed by atoms with Crippen LogP contribution in [-0.4, -0.2) is 45.3 Å². The summed E-state index contributed by atoms with van der Waals surface area (Å²) < 4.78 is 20.4. The SMILES string of the molecule is COCCOC(=O)C1=C(N)OC(C)=C(C(=O)OC)[C@@]12C(=O)Nc1ccccc12. The van der Waals surface area contributed by atoms with Gasteiger partial charge in [-0.25, -0.2) is 9.59 Å². The van der Waals surface area contributed by atoms with Crippen molar-refractivity contribution in [2.45, 2.75) is 12.3 Å². The van der Waals surface area contributed by atoms with Crippen LogP contribution in [0.15, 0.2) is 47.1 Å². The van der Waals surface area contributed by atoms with Crippen LogP contribution in [0.3, 0.4) is 0 Å². The number of para-hydroxylation sites is 1. The lowest BCUT2D eigenvalue weighted by molar-refractivity contribution is -0.143. The molecule has 0 fully saturated rings. The van der Waals surface area contributed by atoms with Crippen molar-refractivity contribution in [1.29, 1.82) is 0 Å². The lowest BCUT2D eigenvalue weighted by atomic mass is 9.67. The summed E-state index contributed by atoms with van der Waals surface area (Å²) in [5.41, 5.74) is 4.57. The Labute approximate surface area is 161 Å². The molecule has 0 saturated heterocycles. The number of fused-ring (bicyclic) bond motifs is 2. The molecule has 0 radical (unpaired) electrons. The van der Waals surface area contributed by atoms with Crippen LogP contribution in [0.25, 0.3) is 0 Å². The molecule has 0 bridgehead atoms. The zero-order chi connectivity index (χ0) is 20.5. The van der Waals surface area contributed by atoms with E-state index in [4.69, 9.17) is 24.7 Å². The molecular weight excluding hydrogens is 368 g/mol. The first-order valence-corrected chi connectivity index (χ1v) is 8.44. The van der Waals surface area contributed by atoms with E-state index < -0.39 is 23.3 Å². The summed E-state index contributed by atoms with van der Waals surface area (Å²) in [5, 5.41) is 2.70. The zero-order valence-electron chi connectivity index (χ0n) is 15.7. The van der Waals surface area contributed by atoms with E-state index in [1.165, 1.54) is 21.1 Å². The summed E-state index contributed by atoms with van der Waals surface area (Å²) in [5.74, 6) is -2.60. The van der Waals surface area contributed by atoms with Gasteiger partial charge in [0.25, 0.3) is 0 Å². The van der Waals surface area contributed by atoms with Gasteiger partial charge in [-0.15, -0.1) is 0 Å². The average molecular weight is 388 g/mol. The lowest BCUT2D eigenvalue weighted by Gasteiger charge is -2.35. The topological polar surface area (TPSA) is 126 Å². The predicted molar refractivity (Wildman–Crippen MR) is 96.6 cm³/mol. The van der Waals surface area contributed by atoms with Crippen molar-refractivity contribution in [1.82, 2.24) is 0 Å². The van der Waals surface area contributed by atoms with Gasteiger partial charge in [0, 0.05) is 18.4 Å². The Morgan fingerprint density at radius 1 is 1.14 bits per heavy atom. The molecule has 3 N–H and O–H groups in total. The number of amides is 1. The van der Waals surface area contributed by atoms with Crippen molar-refractivity contribution >= 4 is 23.5 Å². The summed E-state index contributed by atoms with van der Waals surface area (Å²) in [6.07, 6.45) is 0. The van der Waals surface area contributed by atoms with Crippen LogP contribution in [0.4, 0.5) is 5.69 Å². The van der Waals surface area contributed by atoms with Crippen molar-refractivity contribution in [3.63, 3.8) is 0 Å². The van der Waals surface area contributed by atoms with Crippen molar-refractivity contribution in [3.8, 4) is 0 Å². The van der Waals surface area contributed by atoms with Gasteiger partial charge < -0.3 is 30.0 Å². The normalized spacial score (nSPS) is 20.6. The Morgan fingerprint density at radius 3 is 2.54 bits per heavy atom. The maximum atomic E-state index is 13.2. The summed E-state index contributed by atoms with van der Waals surface area (Å²) in [6.45, 7) is 1.55. The summed E-state index contributed by atoms with van der Waals surface area (Å²) >= 11 is 0. The van der Waals surface area contributed by atoms with Gasteiger partial charge in [-0.05, 0) is 13.0 Å². The van der Waals surface area contributed by atoms with Gasteiger partial charge >= 0.3 is 11.9 Å². The molecule has 9 nitrogen and oxygen atoms in total. The van der Waals surface area contributed by atoms with Gasteiger partial charge in [0.15, 0.2) is 0 Å². The second-order valence-corrected chi connectivity index (χ2v) is 6.14. The maximum absolute atomic E-state index is 13.2. The van der Waals surface area contributed by atoms with Crippen molar-refractivity contribution in [2.75, 3.05) is 32.8 Å². The first-order valence-electron chi connectivity index (χ1n) is 8.44. The number of allylic oxidation sites excluding steroid dienone is 1. The minimum absolute atomic E-state index is 0.0599. The minimum Gasteiger partial charge on any atom is -0.466 e. The number of hydrogen-bond donors (Lipinski definition) is 2. The molecule has 1 aromatic carbocycles. The monoisotopic (exact) mass is 388 g/mol. The molecule has 2 aliphatic heterocycles. The fraction of sp³-hybridized carbons (Fsp3) is 0.316. The average Bonchev–Trinajstić information content (AvgIpc) is 2.94. The molecule has 28 heavy (non-hydrogen) atoms. The molecule has 0 aromatic heterocycles. The largest absolute Gasteiger partial charge is 0.466 e. The van der Waals surface area contributed by atoms with E-state index >= 15 is 0 Å². The Morgan fingerprint density at radius 2 is 1.86 bits per heavy atom. The summed E-state index contributed by atoms with van der Waals surface area (Å²) in [7, 11) is 2.63. The number of anilines is 1. The predicted octanol–water partition coefficient (Wildman–Crippen LogP) is 0.714. The van der Waals surface area contributed by atoms with E-state index in [1.54, 1.807) is 24.3 Å². The standard InChI is InChI=1S/C19H20N2O7/c1-10-13(16(22)26-3)19(11-6-4-5-7-12(11)21-18(19)24)14(15(20)28-10)17(23)27-9-8-25-2/h4-7H,8-9,20H2,1-3H3,(H,21,24)/t19-/m1/s1. The van der Waals surface area contributed by atoms with E-state index in [0.29, 0.717) is 11.3 Å². The van der Waals surface area contributed by atoms with Gasteiger partial charge in [-0.2, -0.15) is 0 Å². The summed E-state index contributed by atoms with van der Waals surface area (Å²) in [6, 6.07) is 6.69. The molecule has 0 aliphatic carbocycles. The molecule has 1 aromatic rings. The second-order valence-electron chi connectivity index (χ2n) is 6.14. The van der Waals surface area contributed by atoms with Crippen LogP contribution < -0.4 is 11.1 Å². The maximum Gasteiger partial charge on any atom is 0.341 e. The van der Waals surface area contributed by atoms with Crippen LogP contribution in [0.1, 0.15) is 12.5 Å². The number of methoxy groups -OCH3 is 2. The number of carbonyl (C=O) groups excluding carboxylic acids is 3. The van der Waals surface area contributed by atoms with E-state index in [-0.39, 0.29) is 36.0 Å². The van der Waals surface area contributed by atoms with E-state index in [9.17, 15) is 14.4 Å². The van der Waals surface area contributed by atoms with E-state index in [1.807, 2.05) is 0 Å². The van der Waals surface area contributed by atoms with Gasteiger partial charge in [0.05, 0.1) is 13.7 Å². The Bertz CT molecular complexity index is 919. The first-order chi connectivity index (χ1) is 13.4. The van der Waals surface area contributed by atoms with Gasteiger partial charge in [0.1, 0.15) is 28.9 Å². The minimum atomic E-state index is -1.85. The molecule has 0 unspecified atom stereocenters. The zero-order valence-corrected chi connectivity index (χ0v) is 15.7. The highest BCUT2D eigenvalue weighted by atomic mass is 16.6. The van der Waals surface area contributed by atoms with E-state index in [2.05, 4.69) is 5.32 Å². The molecule has 2 aliphatic rings. The fourth-order valence-corrected chi connectivity index (χ4v) is 3.54. The molecule has 1 atom stereocenters. The smallest absolute Gasteiger partial charge is 0.341 e. The number of nitrogens with one attached hydrogen (secondary N) is 1. The van der Waals surface area contributed by atoms with Crippen LogP contribution in [0.5, 0.6) is 0 Å². The highest BCUT2D eigenvalue weighted by Crippen LogP contribution is 2.52. The Hall–Kier alpha value is -3.33. The van der Waals surface area contributed by atoms with E-state index in [0.717, 1.165) is 0 Å². The summed E-state index contributed by atoms with van der Waals surface area (Å²) in [4.78, 5) is 38.8. The molecule has 1 spiro atoms. The second kappa shape index (κ2) is 7.35. The van der Waals surface area contributed by atoms with Gasteiger partial charge in [-0.3, -0.25) is 4.79 Å². The van der Waals surface area contributed by atoms with Gasteiger partial charge in [0.2, 0.25) is 11.8 Å². The van der Waals surface area contributed by atoms with Crippen molar-refractivity contribution in [3.05, 3.63) is 52.6 Å². The van der Waals surface area contributed by atoms with Crippen LogP contribution in [0.2, 0.25) is 0 Å². The molecule has 0 saturated carbocycles. The number of carbonyl (C=O) groups is 3. The van der Waals surface area contributed by atoms with Crippen LogP contribution in [0, 0.1) is 0 Å². The quantitative estimate of drug-likeness (QED) is 0.558. The molecule has 148 valence electrons. The number of rotatable bonds is 5. The molecule has 2 heterocycles. The number of ether oxygens (including phenoxy) is 4. The van der Waals surface area contributed by atoms with Crippen molar-refractivity contribution in [2.24, 2.45) is 5.73 Å².